The van der Waals surface area contributed by atoms with E-state index in [0.717, 1.165) is 123 Å². The lowest BCUT2D eigenvalue weighted by molar-refractivity contribution is 0.0897. The molecular formula is C93H145Br2FN12O14S3Si4. The first-order chi connectivity index (χ1) is 61.2. The Morgan fingerprint density at radius 2 is 0.806 bits per heavy atom. The fourth-order valence-electron chi connectivity index (χ4n) is 11.9. The summed E-state index contributed by atoms with van der Waals surface area (Å²) < 4.78 is 144. The SMILES string of the molecule is CC.CC.CC.CC.C[Si](C)(C)CCOCn1ccc2cc(Br)c(F)nc21.C[Si](C)(C)CCOCn1ccc2cc3c(nc21)OCCCN3.Cc1ccc(S(=O)(=O)N2CCCOc3nc4c(ccn4COCC[Si](C)(C)C)cc32)cc1.Cc1ccc(S(=O)(=O)NCCCO)cc1.Cc1ccc(S(=O)(=O)NCCCOc2nc3c(ccn3COCC[Si](C)(C)C)cc2Br)cc1. The molecule has 0 fully saturated rings. The van der Waals surface area contributed by atoms with Gasteiger partial charge in [-0.1, -0.05) is 187 Å². The second kappa shape index (κ2) is 54.8. The third-order valence-corrected chi connectivity index (χ3v) is 32.0. The fraction of sp³-hybridized carbons (Fsp3) is 0.505. The Kier molecular flexibility index (Phi) is 47.7. The highest BCUT2D eigenvalue weighted by Gasteiger charge is 2.31. The molecule has 26 nitrogen and oxygen atoms in total. The molecule has 129 heavy (non-hydrogen) atoms. The van der Waals surface area contributed by atoms with Gasteiger partial charge in [0.15, 0.2) is 0 Å². The van der Waals surface area contributed by atoms with Crippen LogP contribution in [0.4, 0.5) is 15.8 Å². The van der Waals surface area contributed by atoms with Gasteiger partial charge in [0.1, 0.15) is 55.2 Å². The average Bonchev–Trinajstić information content (AvgIpc) is 1.76. The molecule has 3 aromatic carbocycles. The van der Waals surface area contributed by atoms with Crippen molar-refractivity contribution in [2.45, 2.75) is 246 Å². The topological polar surface area (TPSA) is 298 Å². The van der Waals surface area contributed by atoms with E-state index in [1.54, 1.807) is 66.7 Å². The number of sulfonamides is 3. The van der Waals surface area contributed by atoms with Crippen LogP contribution in [0.2, 0.25) is 103 Å². The molecule has 2 aliphatic rings. The van der Waals surface area contributed by atoms with E-state index in [-0.39, 0.29) is 34.4 Å². The van der Waals surface area contributed by atoms with Crippen molar-refractivity contribution in [3.63, 3.8) is 0 Å². The zero-order valence-corrected chi connectivity index (χ0v) is 90.1. The Morgan fingerprint density at radius 3 is 1.22 bits per heavy atom. The molecule has 10 heterocycles. The van der Waals surface area contributed by atoms with E-state index in [0.29, 0.717) is 106 Å². The van der Waals surface area contributed by atoms with Crippen molar-refractivity contribution in [2.24, 2.45) is 0 Å². The molecule has 0 spiro atoms. The number of hydrogen-bond acceptors (Lipinski definition) is 19. The molecule has 0 saturated carbocycles. The van der Waals surface area contributed by atoms with Crippen LogP contribution in [0.15, 0.2) is 170 Å². The van der Waals surface area contributed by atoms with Crippen molar-refractivity contribution < 1.29 is 67.9 Å². The second-order valence-electron chi connectivity index (χ2n) is 34.8. The number of aliphatic hydroxyl groups is 1. The molecule has 13 rings (SSSR count). The molecule has 8 aromatic heterocycles. The average molecular weight is 2040 g/mol. The number of nitrogens with one attached hydrogen (secondary N) is 3. The summed E-state index contributed by atoms with van der Waals surface area (Å²) >= 11 is 6.65. The normalized spacial score (nSPS) is 12.8. The first-order valence-electron chi connectivity index (χ1n) is 44.9. The van der Waals surface area contributed by atoms with E-state index in [2.05, 4.69) is 152 Å². The van der Waals surface area contributed by atoms with Gasteiger partial charge in [0, 0.05) is 144 Å². The van der Waals surface area contributed by atoms with Crippen LogP contribution in [0.1, 0.15) is 97.8 Å². The standard InChI is InChI=1S/C23H32BrN3O4SSi.C23H31N3O4SSi.C16H25N3O2Si.C13H18BrFN2OSi.C10H15NO3S.4C2H6/c1-18-6-8-20(9-7-18)32(28,29)25-11-5-13-31-23-21(24)16-19-10-12-27(22(19)26-23)17-30-14-15-33(2,3)4;1-18-6-8-20(9-7-18)31(27,28)26-11-5-13-30-23-21(26)16-19-10-12-25(22(19)24-23)17-29-14-15-32(2,3)4;1-22(2,3)10-9-20-12-19-7-5-13-11-14-16(18-15(13)19)21-8-4-6-17-14;1-19(2,3)7-6-18-9-17-5-4-10-8-11(14)12(15)16-13(10)17;1-9-3-5-10(6-4-9)15(13,14)11-7-2-8-12;4*1-2/h6-10,12,16,25H,5,11,13-15,17H2,1-4H3;6-10,12,16H,5,11,13-15,17H2,1-4H3;5,7,11,17H,4,6,8-10,12H2,1-3H3;4-5,8H,6-7,9H2,1-3H3;3-6,11-12H,2,7-8H2,1H3;4*1-2H3. The summed E-state index contributed by atoms with van der Waals surface area (Å²) in [6.45, 7) is 57.9. The van der Waals surface area contributed by atoms with Gasteiger partial charge in [0.25, 0.3) is 10.0 Å². The Hall–Kier alpha value is -7.25. The first kappa shape index (κ1) is 112. The van der Waals surface area contributed by atoms with Gasteiger partial charge in [0.05, 0.1) is 49.1 Å². The van der Waals surface area contributed by atoms with Crippen LogP contribution in [0.5, 0.6) is 17.6 Å². The maximum absolute atomic E-state index is 13.4. The highest BCUT2D eigenvalue weighted by atomic mass is 79.9. The van der Waals surface area contributed by atoms with Crippen molar-refractivity contribution in [1.29, 1.82) is 0 Å². The number of aryl methyl sites for hydroxylation is 3. The quantitative estimate of drug-likeness (QED) is 0.0165. The Labute approximate surface area is 789 Å². The van der Waals surface area contributed by atoms with Crippen molar-refractivity contribution >= 4 is 150 Å². The monoisotopic (exact) mass is 2040 g/mol. The number of aromatic nitrogens is 8. The van der Waals surface area contributed by atoms with Gasteiger partial charge in [-0.2, -0.15) is 19.3 Å². The molecule has 0 amide bonds. The third-order valence-electron chi connectivity index (χ3n) is 19.2. The molecule has 716 valence electrons. The summed E-state index contributed by atoms with van der Waals surface area (Å²) in [5, 5.41) is 15.8. The molecule has 11 aromatic rings. The molecule has 0 bridgehead atoms. The molecule has 2 aliphatic heterocycles. The summed E-state index contributed by atoms with van der Waals surface area (Å²) in [4.78, 5) is 18.7. The van der Waals surface area contributed by atoms with Gasteiger partial charge < -0.3 is 61.8 Å². The predicted molar refractivity (Wildman–Crippen MR) is 545 cm³/mol. The molecule has 0 radical (unpaired) electrons. The zero-order valence-electron chi connectivity index (χ0n) is 80.5. The molecule has 0 atom stereocenters. The van der Waals surface area contributed by atoms with E-state index in [1.807, 2.05) is 162 Å². The number of halogens is 3. The number of pyridine rings is 4. The van der Waals surface area contributed by atoms with Gasteiger partial charge in [-0.05, 0) is 181 Å². The minimum atomic E-state index is -3.72. The lowest BCUT2D eigenvalue weighted by atomic mass is 10.2. The van der Waals surface area contributed by atoms with Crippen LogP contribution in [-0.2, 0) is 75.9 Å². The number of nitrogens with zero attached hydrogens (tertiary/aromatic N) is 9. The van der Waals surface area contributed by atoms with Crippen molar-refractivity contribution in [2.75, 3.05) is 88.7 Å². The smallest absolute Gasteiger partial charge is 0.264 e. The van der Waals surface area contributed by atoms with Gasteiger partial charge in [-0.3, -0.25) is 4.31 Å². The van der Waals surface area contributed by atoms with Crippen molar-refractivity contribution in [1.82, 2.24) is 47.6 Å². The van der Waals surface area contributed by atoms with E-state index < -0.39 is 68.3 Å². The van der Waals surface area contributed by atoms with Crippen LogP contribution < -0.4 is 33.3 Å². The number of aliphatic hydroxyl groups excluding tert-OH is 1. The summed E-state index contributed by atoms with van der Waals surface area (Å²) in [7, 11) is -15.0. The van der Waals surface area contributed by atoms with Gasteiger partial charge >= 0.3 is 0 Å². The summed E-state index contributed by atoms with van der Waals surface area (Å²) in [5.41, 5.74) is 7.58. The number of anilines is 2. The number of rotatable bonds is 34. The van der Waals surface area contributed by atoms with Gasteiger partial charge in [-0.25, -0.2) is 39.7 Å². The van der Waals surface area contributed by atoms with E-state index >= 15 is 0 Å². The van der Waals surface area contributed by atoms with E-state index in [4.69, 9.17) is 43.2 Å². The minimum Gasteiger partial charge on any atom is -0.477 e. The maximum atomic E-state index is 13.4. The molecule has 36 heteroatoms. The number of hydrogen-bond donors (Lipinski definition) is 4. The molecule has 4 N–H and O–H groups in total. The Bertz CT molecular complexity index is 5540. The molecule has 0 unspecified atom stereocenters. The number of fused-ring (bicyclic) bond motifs is 6. The van der Waals surface area contributed by atoms with Crippen LogP contribution >= 0.6 is 31.9 Å². The minimum absolute atomic E-state index is 0.0174. The number of benzene rings is 3. The maximum Gasteiger partial charge on any atom is 0.264 e. The van der Waals surface area contributed by atoms with Crippen LogP contribution in [-0.4, -0.2) is 180 Å². The lowest BCUT2D eigenvalue weighted by Crippen LogP contribution is -2.31. The Balaban J connectivity index is 0.000000287. The Morgan fingerprint density at radius 1 is 0.450 bits per heavy atom. The van der Waals surface area contributed by atoms with E-state index in [1.165, 1.54) is 10.3 Å². The van der Waals surface area contributed by atoms with E-state index in [9.17, 15) is 29.6 Å². The lowest BCUT2D eigenvalue weighted by Gasteiger charge is -2.23. The number of ether oxygens (including phenoxy) is 7. The van der Waals surface area contributed by atoms with Crippen LogP contribution in [0.3, 0.4) is 0 Å². The van der Waals surface area contributed by atoms with Crippen molar-refractivity contribution in [3.8, 4) is 17.6 Å². The summed E-state index contributed by atoms with van der Waals surface area (Å²) in [6, 6.07) is 40.5. The second-order valence-corrected chi connectivity index (χ2v) is 64.4. The summed E-state index contributed by atoms with van der Waals surface area (Å²) in [6.07, 6.45) is 10.3. The van der Waals surface area contributed by atoms with Crippen molar-refractivity contribution in [3.05, 3.63) is 178 Å². The molecule has 0 aliphatic carbocycles. The third kappa shape index (κ3) is 37.6. The largest absolute Gasteiger partial charge is 0.477 e. The highest BCUT2D eigenvalue weighted by molar-refractivity contribution is 9.10. The van der Waals surface area contributed by atoms with Crippen LogP contribution in [0, 0.1) is 26.7 Å². The first-order valence-corrected chi connectivity index (χ1v) is 65.7. The molecular weight excluding hydrogens is 1900 g/mol. The predicted octanol–water partition coefficient (Wildman–Crippen LogP) is 22.4. The van der Waals surface area contributed by atoms with Gasteiger partial charge in [-0.15, -0.1) is 0 Å². The summed E-state index contributed by atoms with van der Waals surface area (Å²) in [5.74, 6) is 1.03. The molecule has 0 saturated heterocycles. The fourth-order valence-corrected chi connectivity index (χ4v) is 19.4. The highest BCUT2D eigenvalue weighted by Crippen LogP contribution is 2.38. The van der Waals surface area contributed by atoms with Crippen LogP contribution in [0.25, 0.3) is 44.1 Å². The van der Waals surface area contributed by atoms with Gasteiger partial charge in [0.2, 0.25) is 43.6 Å². The zero-order chi connectivity index (χ0) is 95.9.